The molecular weight excluding hydrogens is 268 g/mol. The van der Waals surface area contributed by atoms with E-state index in [9.17, 15) is 14.9 Å². The van der Waals surface area contributed by atoms with Crippen molar-refractivity contribution in [1.29, 1.82) is 0 Å². The molecule has 0 aliphatic heterocycles. The van der Waals surface area contributed by atoms with E-state index in [1.54, 1.807) is 48.5 Å². The average Bonchev–Trinajstić information content (AvgIpc) is 2.53. The normalized spacial score (nSPS) is 11.0. The van der Waals surface area contributed by atoms with Gasteiger partial charge >= 0.3 is 0 Å². The molecule has 21 heavy (non-hydrogen) atoms. The summed E-state index contributed by atoms with van der Waals surface area (Å²) in [5.41, 5.74) is 1.35. The first-order valence-corrected chi connectivity index (χ1v) is 6.34. The molecule has 5 heteroatoms. The van der Waals surface area contributed by atoms with Crippen molar-refractivity contribution in [2.75, 3.05) is 7.05 Å². The summed E-state index contributed by atoms with van der Waals surface area (Å²) in [7, 11) is 1.32. The Bertz CT molecular complexity index is 666. The summed E-state index contributed by atoms with van der Waals surface area (Å²) in [6, 6.07) is 17.5. The van der Waals surface area contributed by atoms with Gasteiger partial charge in [-0.1, -0.05) is 65.7 Å². The first kappa shape index (κ1) is 14.5. The van der Waals surface area contributed by atoms with Gasteiger partial charge in [0.2, 0.25) is 0 Å². The second-order valence-corrected chi connectivity index (χ2v) is 4.39. The van der Waals surface area contributed by atoms with Crippen LogP contribution in [0.4, 0.5) is 0 Å². The van der Waals surface area contributed by atoms with Gasteiger partial charge in [-0.3, -0.25) is 4.79 Å². The van der Waals surface area contributed by atoms with Gasteiger partial charge in [0.1, 0.15) is 5.70 Å². The zero-order valence-corrected chi connectivity index (χ0v) is 11.5. The maximum absolute atomic E-state index is 12.2. The first-order chi connectivity index (χ1) is 10.1. The van der Waals surface area contributed by atoms with Crippen LogP contribution in [0.1, 0.15) is 15.9 Å². The van der Waals surface area contributed by atoms with Crippen molar-refractivity contribution in [3.05, 3.63) is 88.0 Å². The lowest BCUT2D eigenvalue weighted by atomic mass is 10.1. The molecule has 0 radical (unpaired) electrons. The van der Waals surface area contributed by atoms with Crippen molar-refractivity contribution >= 4 is 11.5 Å². The summed E-state index contributed by atoms with van der Waals surface area (Å²) < 4.78 is 0. The van der Waals surface area contributed by atoms with Crippen LogP contribution in [0.25, 0.3) is 5.70 Å². The Hall–Kier alpha value is -2.95. The highest BCUT2D eigenvalue weighted by molar-refractivity contribution is 6.08. The van der Waals surface area contributed by atoms with Gasteiger partial charge in [-0.25, -0.2) is 10.1 Å². The Morgan fingerprint density at radius 1 is 1.00 bits per heavy atom. The number of carbonyl (C=O) groups excluding carboxylic acids is 1. The molecule has 0 bridgehead atoms. The van der Waals surface area contributed by atoms with Crippen molar-refractivity contribution in [2.45, 2.75) is 0 Å². The lowest BCUT2D eigenvalue weighted by Gasteiger charge is -2.12. The molecule has 0 saturated carbocycles. The smallest absolute Gasteiger partial charge is 0.188 e. The van der Waals surface area contributed by atoms with Gasteiger partial charge in [0.05, 0.1) is 7.05 Å². The SMILES string of the molecule is CN(C(=CC(=O)c1ccccc1)c1ccccc1)[N+](=O)[O-]. The zero-order valence-electron chi connectivity index (χ0n) is 11.5. The number of nitro groups is 1. The molecule has 0 spiro atoms. The van der Waals surface area contributed by atoms with Crippen LogP contribution in [0.3, 0.4) is 0 Å². The number of nitrogens with zero attached hydrogens (tertiary/aromatic N) is 2. The van der Waals surface area contributed by atoms with Crippen LogP contribution in [0.5, 0.6) is 0 Å². The number of hydrogen-bond donors (Lipinski definition) is 0. The highest BCUT2D eigenvalue weighted by atomic mass is 16.7. The van der Waals surface area contributed by atoms with Gasteiger partial charge in [-0.2, -0.15) is 0 Å². The second kappa shape index (κ2) is 6.47. The molecule has 0 atom stereocenters. The fourth-order valence-corrected chi connectivity index (χ4v) is 1.87. The summed E-state index contributed by atoms with van der Waals surface area (Å²) in [5, 5.41) is 11.3. The molecule has 0 unspecified atom stereocenters. The number of allylic oxidation sites excluding steroid dienone is 1. The van der Waals surface area contributed by atoms with E-state index in [4.69, 9.17) is 0 Å². The van der Waals surface area contributed by atoms with Crippen molar-refractivity contribution in [3.63, 3.8) is 0 Å². The van der Waals surface area contributed by atoms with Crippen LogP contribution in [-0.2, 0) is 0 Å². The van der Waals surface area contributed by atoms with Crippen LogP contribution in [0, 0.1) is 10.1 Å². The summed E-state index contributed by atoms with van der Waals surface area (Å²) in [5.74, 6) is -0.275. The first-order valence-electron chi connectivity index (χ1n) is 6.34. The molecule has 2 aromatic rings. The van der Waals surface area contributed by atoms with E-state index in [0.717, 1.165) is 5.01 Å². The van der Waals surface area contributed by atoms with E-state index in [2.05, 4.69) is 0 Å². The van der Waals surface area contributed by atoms with E-state index < -0.39 is 5.03 Å². The largest absolute Gasteiger partial charge is 0.289 e. The molecule has 0 amide bonds. The maximum atomic E-state index is 12.2. The Balaban J connectivity index is 2.43. The van der Waals surface area contributed by atoms with Crippen LogP contribution >= 0.6 is 0 Å². The minimum absolute atomic E-state index is 0.245. The van der Waals surface area contributed by atoms with Crippen LogP contribution in [0.15, 0.2) is 66.7 Å². The van der Waals surface area contributed by atoms with Crippen LogP contribution in [-0.4, -0.2) is 22.9 Å². The molecule has 2 rings (SSSR count). The molecule has 0 aliphatic rings. The standard InChI is InChI=1S/C16H14N2O3/c1-17(18(20)21)15(13-8-4-2-5-9-13)12-16(19)14-10-6-3-7-11-14/h2-12H,1H3. The molecular formula is C16H14N2O3. The highest BCUT2D eigenvalue weighted by Crippen LogP contribution is 2.18. The third-order valence-corrected chi connectivity index (χ3v) is 2.99. The monoisotopic (exact) mass is 282 g/mol. The number of ketones is 1. The van der Waals surface area contributed by atoms with Gasteiger partial charge < -0.3 is 0 Å². The fraction of sp³-hybridized carbons (Fsp3) is 0.0625. The van der Waals surface area contributed by atoms with Crippen molar-refractivity contribution in [2.24, 2.45) is 0 Å². The Labute approximate surface area is 122 Å². The van der Waals surface area contributed by atoms with Gasteiger partial charge in [0, 0.05) is 17.2 Å². The van der Waals surface area contributed by atoms with E-state index in [1.807, 2.05) is 12.1 Å². The average molecular weight is 282 g/mol. The second-order valence-electron chi connectivity index (χ2n) is 4.39. The quantitative estimate of drug-likeness (QED) is 0.366. The topological polar surface area (TPSA) is 63.5 Å². The van der Waals surface area contributed by atoms with Crippen LogP contribution in [0.2, 0.25) is 0 Å². The predicted octanol–water partition coefficient (Wildman–Crippen LogP) is 3.03. The summed E-state index contributed by atoms with van der Waals surface area (Å²) in [6.45, 7) is 0. The Morgan fingerprint density at radius 3 is 1.95 bits per heavy atom. The van der Waals surface area contributed by atoms with Crippen LogP contribution < -0.4 is 0 Å². The number of benzene rings is 2. The van der Waals surface area contributed by atoms with Gasteiger partial charge in [-0.15, -0.1) is 0 Å². The molecule has 0 heterocycles. The minimum Gasteiger partial charge on any atom is -0.289 e. The molecule has 2 aromatic carbocycles. The third kappa shape index (κ3) is 3.54. The predicted molar refractivity (Wildman–Crippen MR) is 79.9 cm³/mol. The Morgan fingerprint density at radius 2 is 1.48 bits per heavy atom. The van der Waals surface area contributed by atoms with E-state index in [-0.39, 0.29) is 11.5 Å². The summed E-state index contributed by atoms with van der Waals surface area (Å²) >= 11 is 0. The van der Waals surface area contributed by atoms with Crippen molar-refractivity contribution in [1.82, 2.24) is 5.01 Å². The molecule has 106 valence electrons. The fourth-order valence-electron chi connectivity index (χ4n) is 1.87. The summed E-state index contributed by atoms with van der Waals surface area (Å²) in [6.07, 6.45) is 1.29. The highest BCUT2D eigenvalue weighted by Gasteiger charge is 2.18. The maximum Gasteiger partial charge on any atom is 0.188 e. The molecule has 5 nitrogen and oxygen atoms in total. The van der Waals surface area contributed by atoms with E-state index >= 15 is 0 Å². The van der Waals surface area contributed by atoms with Crippen molar-refractivity contribution in [3.8, 4) is 0 Å². The lowest BCUT2D eigenvalue weighted by molar-refractivity contribution is -0.627. The number of hydrazine groups is 1. The van der Waals surface area contributed by atoms with E-state index in [0.29, 0.717) is 11.1 Å². The number of carbonyl (C=O) groups is 1. The number of hydrogen-bond acceptors (Lipinski definition) is 3. The minimum atomic E-state index is -0.558. The molecule has 0 saturated heterocycles. The zero-order chi connectivity index (χ0) is 15.2. The summed E-state index contributed by atoms with van der Waals surface area (Å²) in [4.78, 5) is 23.2. The lowest BCUT2D eigenvalue weighted by Crippen LogP contribution is -2.24. The van der Waals surface area contributed by atoms with Gasteiger partial charge in [0.15, 0.2) is 10.8 Å². The molecule has 0 aliphatic carbocycles. The number of rotatable bonds is 5. The Kier molecular flexibility index (Phi) is 4.46. The van der Waals surface area contributed by atoms with E-state index in [1.165, 1.54) is 13.1 Å². The van der Waals surface area contributed by atoms with Gasteiger partial charge in [-0.05, 0) is 0 Å². The molecule has 0 aromatic heterocycles. The van der Waals surface area contributed by atoms with Gasteiger partial charge in [0.25, 0.3) is 0 Å². The molecule has 0 fully saturated rings. The third-order valence-electron chi connectivity index (χ3n) is 2.99. The van der Waals surface area contributed by atoms with Crippen molar-refractivity contribution < 1.29 is 9.83 Å². The molecule has 0 N–H and O–H groups in total.